The van der Waals surface area contributed by atoms with Crippen molar-refractivity contribution in [1.29, 1.82) is 0 Å². The number of nitrogens with zero attached hydrogens (tertiary/aromatic N) is 1. The molecule has 0 aliphatic heterocycles. The lowest BCUT2D eigenvalue weighted by Gasteiger charge is -2.26. The largest absolute Gasteiger partial charge is 0.323 e. The van der Waals surface area contributed by atoms with E-state index >= 15 is 0 Å². The van der Waals surface area contributed by atoms with E-state index in [0.717, 1.165) is 19.6 Å². The molecule has 96 valence electrons. The van der Waals surface area contributed by atoms with Crippen LogP contribution in [0.15, 0.2) is 24.3 Å². The molecule has 0 spiro atoms. The van der Waals surface area contributed by atoms with E-state index in [0.29, 0.717) is 5.92 Å². The standard InChI is InChI=1S/C15H26N2/c1-5-17(10-12(2)3)11-15(16)14-8-6-13(4)7-9-14/h6-9,12,15H,5,10-11,16H2,1-4H3. The van der Waals surface area contributed by atoms with Gasteiger partial charge in [-0.25, -0.2) is 0 Å². The molecule has 2 heteroatoms. The van der Waals surface area contributed by atoms with Gasteiger partial charge in [0.05, 0.1) is 0 Å². The molecule has 0 amide bonds. The molecule has 2 N–H and O–H groups in total. The van der Waals surface area contributed by atoms with Gasteiger partial charge in [0.15, 0.2) is 0 Å². The van der Waals surface area contributed by atoms with Crippen LogP contribution in [-0.4, -0.2) is 24.5 Å². The molecule has 2 nitrogen and oxygen atoms in total. The molecular formula is C15H26N2. The second-order valence-corrected chi connectivity index (χ2v) is 5.26. The van der Waals surface area contributed by atoms with Crippen LogP contribution in [0, 0.1) is 12.8 Å². The molecule has 1 rings (SSSR count). The van der Waals surface area contributed by atoms with Gasteiger partial charge in [0.2, 0.25) is 0 Å². The van der Waals surface area contributed by atoms with Crippen molar-refractivity contribution in [3.05, 3.63) is 35.4 Å². The van der Waals surface area contributed by atoms with Gasteiger partial charge in [-0.15, -0.1) is 0 Å². The van der Waals surface area contributed by atoms with Crippen molar-refractivity contribution in [1.82, 2.24) is 4.90 Å². The summed E-state index contributed by atoms with van der Waals surface area (Å²) in [6.07, 6.45) is 0. The van der Waals surface area contributed by atoms with Crippen molar-refractivity contribution in [2.45, 2.75) is 33.7 Å². The number of hydrogen-bond donors (Lipinski definition) is 1. The monoisotopic (exact) mass is 234 g/mol. The zero-order valence-corrected chi connectivity index (χ0v) is 11.6. The second kappa shape index (κ2) is 6.77. The zero-order valence-electron chi connectivity index (χ0n) is 11.6. The first kappa shape index (κ1) is 14.2. The Morgan fingerprint density at radius 1 is 1.12 bits per heavy atom. The number of hydrogen-bond acceptors (Lipinski definition) is 2. The lowest BCUT2D eigenvalue weighted by molar-refractivity contribution is 0.242. The number of likely N-dealkylation sites (N-methyl/N-ethyl adjacent to an activating group) is 1. The average molecular weight is 234 g/mol. The smallest absolute Gasteiger partial charge is 0.0424 e. The maximum Gasteiger partial charge on any atom is 0.0424 e. The summed E-state index contributed by atoms with van der Waals surface area (Å²) in [7, 11) is 0. The highest BCUT2D eigenvalue weighted by Gasteiger charge is 2.11. The van der Waals surface area contributed by atoms with Crippen molar-refractivity contribution < 1.29 is 0 Å². The van der Waals surface area contributed by atoms with E-state index in [2.05, 4.69) is 56.9 Å². The number of benzene rings is 1. The van der Waals surface area contributed by atoms with E-state index in [1.54, 1.807) is 0 Å². The fraction of sp³-hybridized carbons (Fsp3) is 0.600. The summed E-state index contributed by atoms with van der Waals surface area (Å²) in [4.78, 5) is 2.43. The minimum atomic E-state index is 0.120. The summed E-state index contributed by atoms with van der Waals surface area (Å²) < 4.78 is 0. The summed E-state index contributed by atoms with van der Waals surface area (Å²) in [5.41, 5.74) is 8.78. The Bertz CT molecular complexity index is 316. The van der Waals surface area contributed by atoms with Crippen LogP contribution in [0.4, 0.5) is 0 Å². The van der Waals surface area contributed by atoms with Crippen molar-refractivity contribution in [3.8, 4) is 0 Å². The Kier molecular flexibility index (Phi) is 5.66. The molecule has 0 heterocycles. The molecule has 1 atom stereocenters. The topological polar surface area (TPSA) is 29.3 Å². The van der Waals surface area contributed by atoms with Crippen LogP contribution in [0.5, 0.6) is 0 Å². The van der Waals surface area contributed by atoms with E-state index < -0.39 is 0 Å². The molecule has 0 fully saturated rings. The first-order chi connectivity index (χ1) is 8.02. The molecule has 0 saturated carbocycles. The van der Waals surface area contributed by atoms with Crippen LogP contribution < -0.4 is 5.73 Å². The highest BCUT2D eigenvalue weighted by molar-refractivity contribution is 5.24. The first-order valence-electron chi connectivity index (χ1n) is 6.57. The number of nitrogens with two attached hydrogens (primary N) is 1. The van der Waals surface area contributed by atoms with Crippen molar-refractivity contribution in [3.63, 3.8) is 0 Å². The van der Waals surface area contributed by atoms with Gasteiger partial charge in [-0.2, -0.15) is 0 Å². The van der Waals surface area contributed by atoms with Gasteiger partial charge in [-0.3, -0.25) is 0 Å². The van der Waals surface area contributed by atoms with Gasteiger partial charge >= 0.3 is 0 Å². The lowest BCUT2D eigenvalue weighted by atomic mass is 10.0. The van der Waals surface area contributed by atoms with Crippen LogP contribution >= 0.6 is 0 Å². The van der Waals surface area contributed by atoms with Crippen LogP contribution in [0.3, 0.4) is 0 Å². The maximum atomic E-state index is 6.26. The van der Waals surface area contributed by atoms with Crippen molar-refractivity contribution in [2.24, 2.45) is 11.7 Å². The average Bonchev–Trinajstić information content (AvgIpc) is 2.28. The predicted octanol–water partition coefficient (Wildman–Crippen LogP) is 2.97. The van der Waals surface area contributed by atoms with E-state index in [1.807, 2.05) is 0 Å². The normalized spacial score (nSPS) is 13.4. The molecule has 1 unspecified atom stereocenters. The van der Waals surface area contributed by atoms with Crippen LogP contribution in [0.2, 0.25) is 0 Å². The van der Waals surface area contributed by atoms with Gasteiger partial charge in [0, 0.05) is 19.1 Å². The van der Waals surface area contributed by atoms with Crippen LogP contribution in [-0.2, 0) is 0 Å². The molecule has 0 radical (unpaired) electrons. The SMILES string of the molecule is CCN(CC(C)C)CC(N)c1ccc(C)cc1. The molecular weight excluding hydrogens is 208 g/mol. The second-order valence-electron chi connectivity index (χ2n) is 5.26. The summed E-state index contributed by atoms with van der Waals surface area (Å²) in [6.45, 7) is 11.9. The molecule has 1 aromatic rings. The number of rotatable bonds is 6. The van der Waals surface area contributed by atoms with Gasteiger partial charge in [-0.1, -0.05) is 50.6 Å². The minimum absolute atomic E-state index is 0.120. The van der Waals surface area contributed by atoms with Crippen LogP contribution in [0.1, 0.15) is 37.9 Å². The fourth-order valence-electron chi connectivity index (χ4n) is 2.05. The van der Waals surface area contributed by atoms with E-state index in [-0.39, 0.29) is 6.04 Å². The molecule has 17 heavy (non-hydrogen) atoms. The van der Waals surface area contributed by atoms with Gasteiger partial charge < -0.3 is 10.6 Å². The maximum absolute atomic E-state index is 6.26. The molecule has 0 saturated heterocycles. The molecule has 1 aromatic carbocycles. The van der Waals surface area contributed by atoms with Gasteiger partial charge in [-0.05, 0) is 24.9 Å². The molecule has 0 bridgehead atoms. The summed E-state index contributed by atoms with van der Waals surface area (Å²) >= 11 is 0. The Morgan fingerprint density at radius 2 is 1.71 bits per heavy atom. The summed E-state index contributed by atoms with van der Waals surface area (Å²) in [6, 6.07) is 8.67. The quantitative estimate of drug-likeness (QED) is 0.820. The van der Waals surface area contributed by atoms with E-state index in [4.69, 9.17) is 5.73 Å². The highest BCUT2D eigenvalue weighted by atomic mass is 15.1. The van der Waals surface area contributed by atoms with Crippen molar-refractivity contribution in [2.75, 3.05) is 19.6 Å². The highest BCUT2D eigenvalue weighted by Crippen LogP contribution is 2.13. The molecule has 0 aliphatic rings. The third-order valence-corrected chi connectivity index (χ3v) is 3.03. The summed E-state index contributed by atoms with van der Waals surface area (Å²) in [5.74, 6) is 0.695. The van der Waals surface area contributed by atoms with Crippen LogP contribution in [0.25, 0.3) is 0 Å². The molecule has 0 aliphatic carbocycles. The first-order valence-corrected chi connectivity index (χ1v) is 6.57. The summed E-state index contributed by atoms with van der Waals surface area (Å²) in [5, 5.41) is 0. The molecule has 0 aromatic heterocycles. The minimum Gasteiger partial charge on any atom is -0.323 e. The van der Waals surface area contributed by atoms with Gasteiger partial charge in [0.1, 0.15) is 0 Å². The van der Waals surface area contributed by atoms with E-state index in [1.165, 1.54) is 11.1 Å². The fourth-order valence-corrected chi connectivity index (χ4v) is 2.05. The van der Waals surface area contributed by atoms with Gasteiger partial charge in [0.25, 0.3) is 0 Å². The third-order valence-electron chi connectivity index (χ3n) is 3.03. The Labute approximate surface area is 106 Å². The lowest BCUT2D eigenvalue weighted by Crippen LogP contribution is -2.34. The van der Waals surface area contributed by atoms with Crippen molar-refractivity contribution >= 4 is 0 Å². The van der Waals surface area contributed by atoms with E-state index in [9.17, 15) is 0 Å². The Balaban J connectivity index is 2.57. The Morgan fingerprint density at radius 3 is 2.18 bits per heavy atom. The third kappa shape index (κ3) is 4.88. The number of aryl methyl sites for hydroxylation is 1. The predicted molar refractivity (Wildman–Crippen MR) is 75.1 cm³/mol. The Hall–Kier alpha value is -0.860. The zero-order chi connectivity index (χ0) is 12.8.